The van der Waals surface area contributed by atoms with Gasteiger partial charge in [0.2, 0.25) is 10.0 Å². The van der Waals surface area contributed by atoms with Gasteiger partial charge in [-0.15, -0.1) is 0 Å². The maximum atomic E-state index is 11.8. The molecule has 19 heavy (non-hydrogen) atoms. The molecule has 1 rings (SSSR count). The molecule has 0 aromatic heterocycles. The van der Waals surface area contributed by atoms with Crippen LogP contribution in [0, 0.1) is 0 Å². The summed E-state index contributed by atoms with van der Waals surface area (Å²) in [6.07, 6.45) is 0. The van der Waals surface area contributed by atoms with Crippen LogP contribution in [-0.2, 0) is 24.3 Å². The fourth-order valence-electron chi connectivity index (χ4n) is 1.19. The molecular formula is C11H13NO6S. The molecular weight excluding hydrogens is 274 g/mol. The van der Waals surface area contributed by atoms with Crippen molar-refractivity contribution in [1.29, 1.82) is 0 Å². The third-order valence-electron chi connectivity index (χ3n) is 2.03. The third-order valence-corrected chi connectivity index (χ3v) is 3.45. The first-order valence-corrected chi connectivity index (χ1v) is 6.68. The Kier molecular flexibility index (Phi) is 5.02. The van der Waals surface area contributed by atoms with Crippen molar-refractivity contribution in [3.63, 3.8) is 0 Å². The lowest BCUT2D eigenvalue weighted by molar-refractivity contribution is -0.157. The summed E-state index contributed by atoms with van der Waals surface area (Å²) < 4.78 is 34.7. The van der Waals surface area contributed by atoms with Gasteiger partial charge in [0.25, 0.3) is 0 Å². The average molecular weight is 287 g/mol. The van der Waals surface area contributed by atoms with Crippen LogP contribution in [0.4, 0.5) is 0 Å². The Labute approximate surface area is 110 Å². The van der Waals surface area contributed by atoms with Gasteiger partial charge in [0.05, 0.1) is 12.0 Å². The van der Waals surface area contributed by atoms with E-state index in [4.69, 9.17) is 4.74 Å². The molecule has 0 aliphatic rings. The number of carbonyl (C=O) groups excluding carboxylic acids is 2. The van der Waals surface area contributed by atoms with Crippen molar-refractivity contribution in [3.05, 3.63) is 24.3 Å². The van der Waals surface area contributed by atoms with E-state index in [1.54, 1.807) is 0 Å². The molecule has 0 atom stereocenters. The molecule has 1 N–H and O–H groups in total. The molecule has 0 amide bonds. The quantitative estimate of drug-likeness (QED) is 0.607. The van der Waals surface area contributed by atoms with Crippen LogP contribution in [0.3, 0.4) is 0 Å². The van der Waals surface area contributed by atoms with Gasteiger partial charge in [-0.25, -0.2) is 8.42 Å². The molecule has 1 aromatic carbocycles. The lowest BCUT2D eigenvalue weighted by atomic mass is 10.3. The van der Waals surface area contributed by atoms with E-state index in [9.17, 15) is 18.0 Å². The van der Waals surface area contributed by atoms with E-state index in [0.29, 0.717) is 5.75 Å². The van der Waals surface area contributed by atoms with Gasteiger partial charge >= 0.3 is 11.9 Å². The summed E-state index contributed by atoms with van der Waals surface area (Å²) >= 11 is 0. The molecule has 0 bridgehead atoms. The molecule has 104 valence electrons. The SMILES string of the molecule is COc1ccc(S(=O)(=O)NCC(=O)OC(C)=O)cc1. The first-order valence-electron chi connectivity index (χ1n) is 5.20. The van der Waals surface area contributed by atoms with Crippen molar-refractivity contribution in [2.45, 2.75) is 11.8 Å². The minimum atomic E-state index is -3.83. The van der Waals surface area contributed by atoms with E-state index < -0.39 is 28.5 Å². The molecule has 0 spiro atoms. The number of benzene rings is 1. The first kappa shape index (κ1) is 15.1. The van der Waals surface area contributed by atoms with Crippen LogP contribution >= 0.6 is 0 Å². The van der Waals surface area contributed by atoms with E-state index in [1.165, 1.54) is 31.4 Å². The highest BCUT2D eigenvalue weighted by Gasteiger charge is 2.16. The van der Waals surface area contributed by atoms with Crippen LogP contribution in [0.5, 0.6) is 5.75 Å². The maximum Gasteiger partial charge on any atom is 0.328 e. The Morgan fingerprint density at radius 2 is 1.79 bits per heavy atom. The van der Waals surface area contributed by atoms with Gasteiger partial charge in [-0.2, -0.15) is 4.72 Å². The topological polar surface area (TPSA) is 98.8 Å². The number of hydrogen-bond donors (Lipinski definition) is 1. The van der Waals surface area contributed by atoms with Gasteiger partial charge < -0.3 is 9.47 Å². The number of sulfonamides is 1. The molecule has 8 heteroatoms. The fraction of sp³-hybridized carbons (Fsp3) is 0.273. The molecule has 0 unspecified atom stereocenters. The molecule has 0 aliphatic heterocycles. The molecule has 0 fully saturated rings. The van der Waals surface area contributed by atoms with Crippen molar-refractivity contribution in [2.24, 2.45) is 0 Å². The predicted octanol–water partition coefficient (Wildman–Crippen LogP) is 0.0632. The Balaban J connectivity index is 2.70. The summed E-state index contributed by atoms with van der Waals surface area (Å²) in [4.78, 5) is 21.5. The number of carbonyl (C=O) groups is 2. The number of esters is 2. The molecule has 0 saturated heterocycles. The second kappa shape index (κ2) is 6.30. The summed E-state index contributed by atoms with van der Waals surface area (Å²) in [6.45, 7) is 0.434. The Hall–Kier alpha value is -1.93. The lowest BCUT2D eigenvalue weighted by Gasteiger charge is -2.06. The van der Waals surface area contributed by atoms with Crippen molar-refractivity contribution in [2.75, 3.05) is 13.7 Å². The van der Waals surface area contributed by atoms with Gasteiger partial charge in [-0.3, -0.25) is 9.59 Å². The molecule has 0 saturated carbocycles. The third kappa shape index (κ3) is 4.68. The van der Waals surface area contributed by atoms with Gasteiger partial charge in [-0.1, -0.05) is 0 Å². The molecule has 7 nitrogen and oxygen atoms in total. The largest absolute Gasteiger partial charge is 0.497 e. The highest BCUT2D eigenvalue weighted by atomic mass is 32.2. The summed E-state index contributed by atoms with van der Waals surface area (Å²) in [5.74, 6) is -1.26. The number of nitrogens with one attached hydrogen (secondary N) is 1. The first-order chi connectivity index (χ1) is 8.85. The summed E-state index contributed by atoms with van der Waals surface area (Å²) in [5.41, 5.74) is 0. The zero-order valence-corrected chi connectivity index (χ0v) is 11.2. The smallest absolute Gasteiger partial charge is 0.328 e. The number of rotatable bonds is 5. The monoisotopic (exact) mass is 287 g/mol. The van der Waals surface area contributed by atoms with E-state index in [2.05, 4.69) is 4.74 Å². The normalized spacial score (nSPS) is 10.8. The Morgan fingerprint density at radius 1 is 1.21 bits per heavy atom. The van der Waals surface area contributed by atoms with Gasteiger partial charge in [0.1, 0.15) is 12.3 Å². The second-order valence-electron chi connectivity index (χ2n) is 3.47. The van der Waals surface area contributed by atoms with E-state index in [0.717, 1.165) is 6.92 Å². The van der Waals surface area contributed by atoms with E-state index >= 15 is 0 Å². The second-order valence-corrected chi connectivity index (χ2v) is 5.23. The summed E-state index contributed by atoms with van der Waals surface area (Å²) in [5, 5.41) is 0. The van der Waals surface area contributed by atoms with Crippen molar-refractivity contribution in [1.82, 2.24) is 4.72 Å². The van der Waals surface area contributed by atoms with Crippen LogP contribution in [-0.4, -0.2) is 34.0 Å². The molecule has 0 radical (unpaired) electrons. The zero-order chi connectivity index (χ0) is 14.5. The van der Waals surface area contributed by atoms with Gasteiger partial charge in [0, 0.05) is 6.92 Å². The molecule has 0 aliphatic carbocycles. The molecule has 0 heterocycles. The number of ether oxygens (including phenoxy) is 2. The van der Waals surface area contributed by atoms with Crippen LogP contribution in [0.25, 0.3) is 0 Å². The minimum absolute atomic E-state index is 0.0241. The predicted molar refractivity (Wildman–Crippen MR) is 65.0 cm³/mol. The van der Waals surface area contributed by atoms with Gasteiger partial charge in [-0.05, 0) is 24.3 Å². The fourth-order valence-corrected chi connectivity index (χ4v) is 2.16. The Morgan fingerprint density at radius 3 is 2.26 bits per heavy atom. The standard InChI is InChI=1S/C11H13NO6S/c1-8(13)18-11(14)7-12-19(15,16)10-5-3-9(17-2)4-6-10/h3-6,12H,7H2,1-2H3. The van der Waals surface area contributed by atoms with Crippen LogP contribution in [0.15, 0.2) is 29.2 Å². The molecule has 1 aromatic rings. The highest BCUT2D eigenvalue weighted by molar-refractivity contribution is 7.89. The van der Waals surface area contributed by atoms with Crippen molar-refractivity contribution in [3.8, 4) is 5.75 Å². The minimum Gasteiger partial charge on any atom is -0.497 e. The maximum absolute atomic E-state index is 11.8. The van der Waals surface area contributed by atoms with Gasteiger partial charge in [0.15, 0.2) is 0 Å². The number of methoxy groups -OCH3 is 1. The summed E-state index contributed by atoms with van der Waals surface area (Å²) in [6, 6.07) is 5.61. The zero-order valence-electron chi connectivity index (χ0n) is 10.4. The van der Waals surface area contributed by atoms with E-state index in [-0.39, 0.29) is 4.90 Å². The highest BCUT2D eigenvalue weighted by Crippen LogP contribution is 2.14. The van der Waals surface area contributed by atoms with Crippen LogP contribution < -0.4 is 9.46 Å². The average Bonchev–Trinajstić information content (AvgIpc) is 2.36. The summed E-state index contributed by atoms with van der Waals surface area (Å²) in [7, 11) is -2.38. The lowest BCUT2D eigenvalue weighted by Crippen LogP contribution is -2.31. The van der Waals surface area contributed by atoms with Crippen LogP contribution in [0.2, 0.25) is 0 Å². The van der Waals surface area contributed by atoms with Crippen molar-refractivity contribution < 1.29 is 27.5 Å². The van der Waals surface area contributed by atoms with Crippen LogP contribution in [0.1, 0.15) is 6.92 Å². The number of hydrogen-bond acceptors (Lipinski definition) is 6. The van der Waals surface area contributed by atoms with Crippen molar-refractivity contribution >= 4 is 22.0 Å². The Bertz CT molecular complexity index is 563. The van der Waals surface area contributed by atoms with E-state index in [1.807, 2.05) is 4.72 Å².